The van der Waals surface area contributed by atoms with E-state index in [2.05, 4.69) is 5.32 Å². The van der Waals surface area contributed by atoms with Crippen LogP contribution in [0.2, 0.25) is 0 Å². The van der Waals surface area contributed by atoms with Crippen LogP contribution >= 0.6 is 0 Å². The summed E-state index contributed by atoms with van der Waals surface area (Å²) in [7, 11) is 0. The van der Waals surface area contributed by atoms with E-state index in [-0.39, 0.29) is 17.5 Å². The average Bonchev–Trinajstić information content (AvgIpc) is 3.02. The SMILES string of the molecule is CCOc1ccc(N2C(=O)C(Nc3cc(C)ccc3C)=C(c3ccc(C)cc3)C2=O)cc1. The van der Waals surface area contributed by atoms with Crippen LogP contribution < -0.4 is 15.0 Å². The first-order chi connectivity index (χ1) is 15.4. The molecule has 32 heavy (non-hydrogen) atoms. The van der Waals surface area contributed by atoms with Gasteiger partial charge in [0.15, 0.2) is 0 Å². The van der Waals surface area contributed by atoms with Crippen molar-refractivity contribution in [2.24, 2.45) is 0 Å². The summed E-state index contributed by atoms with van der Waals surface area (Å²) in [4.78, 5) is 28.3. The first-order valence-electron chi connectivity index (χ1n) is 10.7. The predicted molar refractivity (Wildman–Crippen MR) is 128 cm³/mol. The molecule has 0 saturated heterocycles. The number of ether oxygens (including phenoxy) is 1. The Morgan fingerprint density at radius 1 is 0.812 bits per heavy atom. The second-order valence-electron chi connectivity index (χ2n) is 7.93. The lowest BCUT2D eigenvalue weighted by Gasteiger charge is -2.16. The highest BCUT2D eigenvalue weighted by atomic mass is 16.5. The highest BCUT2D eigenvalue weighted by Crippen LogP contribution is 2.35. The van der Waals surface area contributed by atoms with E-state index >= 15 is 0 Å². The Kier molecular flexibility index (Phi) is 5.82. The standard InChI is InChI=1S/C27H26N2O3/c1-5-32-22-14-12-21(13-15-22)29-26(30)24(20-10-7-17(2)8-11-20)25(27(29)31)28-23-16-18(3)6-9-19(23)4/h6-16,28H,5H2,1-4H3. The number of anilines is 2. The molecular weight excluding hydrogens is 400 g/mol. The van der Waals surface area contributed by atoms with Crippen molar-refractivity contribution in [3.05, 3.63) is 94.7 Å². The maximum atomic E-state index is 13.5. The molecule has 1 heterocycles. The second-order valence-corrected chi connectivity index (χ2v) is 7.93. The number of nitrogens with one attached hydrogen (secondary N) is 1. The molecule has 3 aromatic rings. The molecule has 0 aliphatic carbocycles. The number of rotatable bonds is 6. The minimum absolute atomic E-state index is 0.279. The van der Waals surface area contributed by atoms with Gasteiger partial charge < -0.3 is 10.1 Å². The Morgan fingerprint density at radius 2 is 1.47 bits per heavy atom. The van der Waals surface area contributed by atoms with Crippen LogP contribution in [0.1, 0.15) is 29.2 Å². The van der Waals surface area contributed by atoms with E-state index in [1.54, 1.807) is 24.3 Å². The van der Waals surface area contributed by atoms with Crippen LogP contribution in [0, 0.1) is 20.8 Å². The molecule has 3 aromatic carbocycles. The fourth-order valence-electron chi connectivity index (χ4n) is 3.73. The van der Waals surface area contributed by atoms with E-state index in [0.29, 0.717) is 29.2 Å². The first kappa shape index (κ1) is 21.4. The summed E-state index contributed by atoms with van der Waals surface area (Å²) in [5.74, 6) is -0.0396. The molecule has 1 aliphatic heterocycles. The molecule has 5 heteroatoms. The van der Waals surface area contributed by atoms with Gasteiger partial charge in [-0.25, -0.2) is 4.90 Å². The zero-order valence-electron chi connectivity index (χ0n) is 18.7. The number of hydrogen-bond acceptors (Lipinski definition) is 4. The van der Waals surface area contributed by atoms with Crippen LogP contribution in [0.3, 0.4) is 0 Å². The molecule has 0 radical (unpaired) electrons. The van der Waals surface area contributed by atoms with Crippen molar-refractivity contribution in [3.8, 4) is 5.75 Å². The predicted octanol–water partition coefficient (Wildman–Crippen LogP) is 5.41. The minimum atomic E-state index is -0.379. The van der Waals surface area contributed by atoms with E-state index in [0.717, 1.165) is 22.4 Å². The van der Waals surface area contributed by atoms with Gasteiger partial charge in [0.25, 0.3) is 11.8 Å². The zero-order chi connectivity index (χ0) is 22.8. The fraction of sp³-hybridized carbons (Fsp3) is 0.185. The number of aryl methyl sites for hydroxylation is 3. The molecular formula is C27H26N2O3. The lowest BCUT2D eigenvalue weighted by atomic mass is 10.0. The molecule has 0 atom stereocenters. The number of amides is 2. The van der Waals surface area contributed by atoms with Crippen molar-refractivity contribution in [1.82, 2.24) is 0 Å². The van der Waals surface area contributed by atoms with Crippen LogP contribution in [0.4, 0.5) is 11.4 Å². The largest absolute Gasteiger partial charge is 0.494 e. The summed E-state index contributed by atoms with van der Waals surface area (Å²) in [6, 6.07) is 20.6. The third-order valence-electron chi connectivity index (χ3n) is 5.48. The molecule has 0 unspecified atom stereocenters. The molecule has 162 valence electrons. The number of carbonyl (C=O) groups excluding carboxylic acids is 2. The Bertz CT molecular complexity index is 1210. The summed E-state index contributed by atoms with van der Waals surface area (Å²) in [5.41, 5.74) is 5.80. The molecule has 0 spiro atoms. The molecule has 4 rings (SSSR count). The summed E-state index contributed by atoms with van der Waals surface area (Å²) < 4.78 is 5.49. The van der Waals surface area contributed by atoms with E-state index in [1.807, 2.05) is 70.2 Å². The first-order valence-corrected chi connectivity index (χ1v) is 10.7. The lowest BCUT2D eigenvalue weighted by Crippen LogP contribution is -2.32. The molecule has 0 fully saturated rings. The van der Waals surface area contributed by atoms with Crippen molar-refractivity contribution in [2.75, 3.05) is 16.8 Å². The summed E-state index contributed by atoms with van der Waals surface area (Å²) >= 11 is 0. The van der Waals surface area contributed by atoms with Crippen molar-refractivity contribution < 1.29 is 14.3 Å². The van der Waals surface area contributed by atoms with Gasteiger partial charge in [-0.05, 0) is 74.7 Å². The second kappa shape index (κ2) is 8.71. The Labute approximate surface area is 188 Å². The van der Waals surface area contributed by atoms with Gasteiger partial charge in [0.2, 0.25) is 0 Å². The molecule has 5 nitrogen and oxygen atoms in total. The Balaban J connectivity index is 1.79. The van der Waals surface area contributed by atoms with Gasteiger partial charge in [-0.2, -0.15) is 0 Å². The van der Waals surface area contributed by atoms with Gasteiger partial charge in [0.05, 0.1) is 17.9 Å². The maximum Gasteiger partial charge on any atom is 0.282 e. The molecule has 0 saturated carbocycles. The van der Waals surface area contributed by atoms with E-state index in [4.69, 9.17) is 4.74 Å². The highest BCUT2D eigenvalue weighted by molar-refractivity contribution is 6.46. The maximum absolute atomic E-state index is 13.5. The van der Waals surface area contributed by atoms with Gasteiger partial charge in [0, 0.05) is 5.69 Å². The summed E-state index contributed by atoms with van der Waals surface area (Å²) in [6.45, 7) is 8.41. The number of hydrogen-bond donors (Lipinski definition) is 1. The molecule has 0 aromatic heterocycles. The lowest BCUT2D eigenvalue weighted by molar-refractivity contribution is -0.120. The smallest absolute Gasteiger partial charge is 0.282 e. The summed E-state index contributed by atoms with van der Waals surface area (Å²) in [6.07, 6.45) is 0. The van der Waals surface area contributed by atoms with Crippen molar-refractivity contribution in [1.29, 1.82) is 0 Å². The average molecular weight is 427 g/mol. The van der Waals surface area contributed by atoms with Crippen LogP contribution in [0.25, 0.3) is 5.57 Å². The fourth-order valence-corrected chi connectivity index (χ4v) is 3.73. The van der Waals surface area contributed by atoms with Gasteiger partial charge >= 0.3 is 0 Å². The van der Waals surface area contributed by atoms with Gasteiger partial charge in [-0.3, -0.25) is 9.59 Å². The van der Waals surface area contributed by atoms with Crippen LogP contribution in [0.15, 0.2) is 72.4 Å². The monoisotopic (exact) mass is 426 g/mol. The molecule has 1 N–H and O–H groups in total. The highest BCUT2D eigenvalue weighted by Gasteiger charge is 2.40. The van der Waals surface area contributed by atoms with Crippen molar-refractivity contribution >= 4 is 28.8 Å². The quantitative estimate of drug-likeness (QED) is 0.536. The van der Waals surface area contributed by atoms with Gasteiger partial charge in [0.1, 0.15) is 11.4 Å². The van der Waals surface area contributed by atoms with E-state index in [9.17, 15) is 9.59 Å². The third kappa shape index (κ3) is 4.02. The van der Waals surface area contributed by atoms with Crippen molar-refractivity contribution in [3.63, 3.8) is 0 Å². The number of imide groups is 1. The Hall–Kier alpha value is -3.86. The number of nitrogens with zero attached hydrogens (tertiary/aromatic N) is 1. The minimum Gasteiger partial charge on any atom is -0.494 e. The molecule has 2 amide bonds. The van der Waals surface area contributed by atoms with Crippen LogP contribution in [-0.4, -0.2) is 18.4 Å². The normalized spacial score (nSPS) is 13.7. The van der Waals surface area contributed by atoms with E-state index < -0.39 is 0 Å². The summed E-state index contributed by atoms with van der Waals surface area (Å²) in [5, 5.41) is 3.27. The van der Waals surface area contributed by atoms with Gasteiger partial charge in [-0.15, -0.1) is 0 Å². The molecule has 1 aliphatic rings. The molecule has 0 bridgehead atoms. The van der Waals surface area contributed by atoms with Crippen LogP contribution in [-0.2, 0) is 9.59 Å². The topological polar surface area (TPSA) is 58.6 Å². The van der Waals surface area contributed by atoms with E-state index in [1.165, 1.54) is 4.90 Å². The van der Waals surface area contributed by atoms with Gasteiger partial charge in [-0.1, -0.05) is 42.0 Å². The number of benzene rings is 3. The zero-order valence-corrected chi connectivity index (χ0v) is 18.7. The van der Waals surface area contributed by atoms with Crippen molar-refractivity contribution in [2.45, 2.75) is 27.7 Å². The third-order valence-corrected chi connectivity index (χ3v) is 5.48. The Morgan fingerprint density at radius 3 is 2.12 bits per heavy atom. The number of carbonyl (C=O) groups is 2. The van der Waals surface area contributed by atoms with Crippen LogP contribution in [0.5, 0.6) is 5.75 Å².